The molecule has 110 valence electrons. The standard InChI is InChI=1S/C13H18N2O4S/c1-2-14(8-10-4-3-6-19-10)13(18)15-5-7-20-9-11(15)12(16)17/h3-4,6,11H,2,5,7-9H2,1H3,(H,16,17). The molecule has 1 N–H and O–H groups in total. The number of carbonyl (C=O) groups excluding carboxylic acids is 1. The summed E-state index contributed by atoms with van der Waals surface area (Å²) in [4.78, 5) is 26.8. The van der Waals surface area contributed by atoms with Crippen molar-refractivity contribution in [1.82, 2.24) is 9.80 Å². The number of aliphatic carboxylic acids is 1. The molecule has 1 aliphatic rings. The van der Waals surface area contributed by atoms with E-state index in [4.69, 9.17) is 4.42 Å². The van der Waals surface area contributed by atoms with Gasteiger partial charge in [-0.3, -0.25) is 0 Å². The van der Waals surface area contributed by atoms with Crippen molar-refractivity contribution in [2.75, 3.05) is 24.6 Å². The van der Waals surface area contributed by atoms with Crippen LogP contribution in [-0.4, -0.2) is 57.5 Å². The molecule has 0 spiro atoms. The molecule has 0 bridgehead atoms. The van der Waals surface area contributed by atoms with Gasteiger partial charge in [0.1, 0.15) is 11.8 Å². The van der Waals surface area contributed by atoms with Crippen LogP contribution >= 0.6 is 11.8 Å². The zero-order valence-corrected chi connectivity index (χ0v) is 12.1. The average Bonchev–Trinajstić information content (AvgIpc) is 2.97. The lowest BCUT2D eigenvalue weighted by Gasteiger charge is -2.36. The normalized spacial score (nSPS) is 18.9. The first kappa shape index (κ1) is 14.8. The van der Waals surface area contributed by atoms with Gasteiger partial charge in [0.25, 0.3) is 0 Å². The molecule has 20 heavy (non-hydrogen) atoms. The summed E-state index contributed by atoms with van der Waals surface area (Å²) in [7, 11) is 0. The highest BCUT2D eigenvalue weighted by Gasteiger charge is 2.34. The van der Waals surface area contributed by atoms with Crippen LogP contribution in [0.15, 0.2) is 22.8 Å². The Balaban J connectivity index is 2.08. The van der Waals surface area contributed by atoms with Crippen LogP contribution in [0.2, 0.25) is 0 Å². The molecule has 2 amide bonds. The Morgan fingerprint density at radius 2 is 2.40 bits per heavy atom. The molecular formula is C13H18N2O4S. The van der Waals surface area contributed by atoms with E-state index in [1.807, 2.05) is 6.92 Å². The molecular weight excluding hydrogens is 280 g/mol. The van der Waals surface area contributed by atoms with E-state index in [9.17, 15) is 14.7 Å². The van der Waals surface area contributed by atoms with E-state index in [0.717, 1.165) is 5.75 Å². The van der Waals surface area contributed by atoms with Crippen LogP contribution < -0.4 is 0 Å². The Morgan fingerprint density at radius 1 is 1.60 bits per heavy atom. The van der Waals surface area contributed by atoms with E-state index in [2.05, 4.69) is 0 Å². The van der Waals surface area contributed by atoms with Crippen molar-refractivity contribution in [1.29, 1.82) is 0 Å². The van der Waals surface area contributed by atoms with Gasteiger partial charge in [-0.05, 0) is 19.1 Å². The number of rotatable bonds is 4. The van der Waals surface area contributed by atoms with Crippen LogP contribution in [0, 0.1) is 0 Å². The summed E-state index contributed by atoms with van der Waals surface area (Å²) >= 11 is 1.57. The molecule has 2 heterocycles. The molecule has 1 aromatic rings. The van der Waals surface area contributed by atoms with Gasteiger partial charge in [0.15, 0.2) is 0 Å². The molecule has 2 rings (SSSR count). The van der Waals surface area contributed by atoms with E-state index in [1.165, 1.54) is 4.90 Å². The number of furan rings is 1. The monoisotopic (exact) mass is 298 g/mol. The third-order valence-electron chi connectivity index (χ3n) is 3.24. The number of carboxylic acids is 1. The van der Waals surface area contributed by atoms with Gasteiger partial charge in [0, 0.05) is 24.6 Å². The molecule has 1 saturated heterocycles. The van der Waals surface area contributed by atoms with Gasteiger partial charge in [0.2, 0.25) is 0 Å². The summed E-state index contributed by atoms with van der Waals surface area (Å²) in [5.41, 5.74) is 0. The van der Waals surface area contributed by atoms with Crippen molar-refractivity contribution < 1.29 is 19.1 Å². The maximum absolute atomic E-state index is 12.5. The van der Waals surface area contributed by atoms with Crippen LogP contribution in [0.4, 0.5) is 4.79 Å². The second kappa shape index (κ2) is 6.69. The van der Waals surface area contributed by atoms with Crippen LogP contribution in [-0.2, 0) is 11.3 Å². The van der Waals surface area contributed by atoms with Gasteiger partial charge < -0.3 is 19.3 Å². The molecule has 0 saturated carbocycles. The van der Waals surface area contributed by atoms with E-state index < -0.39 is 12.0 Å². The largest absolute Gasteiger partial charge is 0.480 e. The summed E-state index contributed by atoms with van der Waals surface area (Å²) in [6, 6.07) is 2.59. The van der Waals surface area contributed by atoms with E-state index >= 15 is 0 Å². The van der Waals surface area contributed by atoms with Crippen molar-refractivity contribution in [3.63, 3.8) is 0 Å². The van der Waals surface area contributed by atoms with Gasteiger partial charge in [0.05, 0.1) is 12.8 Å². The van der Waals surface area contributed by atoms with Crippen molar-refractivity contribution >= 4 is 23.8 Å². The Bertz CT molecular complexity index is 463. The number of carbonyl (C=O) groups is 2. The molecule has 1 atom stereocenters. The molecule has 7 heteroatoms. The average molecular weight is 298 g/mol. The molecule has 1 aliphatic heterocycles. The molecule has 0 aliphatic carbocycles. The van der Waals surface area contributed by atoms with Crippen LogP contribution in [0.5, 0.6) is 0 Å². The highest BCUT2D eigenvalue weighted by Crippen LogP contribution is 2.19. The maximum Gasteiger partial charge on any atom is 0.327 e. The van der Waals surface area contributed by atoms with Crippen molar-refractivity contribution in [2.24, 2.45) is 0 Å². The fourth-order valence-corrected chi connectivity index (χ4v) is 3.16. The van der Waals surface area contributed by atoms with Gasteiger partial charge in [-0.1, -0.05) is 0 Å². The highest BCUT2D eigenvalue weighted by molar-refractivity contribution is 7.99. The lowest BCUT2D eigenvalue weighted by Crippen LogP contribution is -2.54. The maximum atomic E-state index is 12.5. The topological polar surface area (TPSA) is 74.0 Å². The Labute approximate surface area is 121 Å². The zero-order valence-electron chi connectivity index (χ0n) is 11.3. The quantitative estimate of drug-likeness (QED) is 0.916. The van der Waals surface area contributed by atoms with Gasteiger partial charge >= 0.3 is 12.0 Å². The summed E-state index contributed by atoms with van der Waals surface area (Å²) < 4.78 is 5.24. The summed E-state index contributed by atoms with van der Waals surface area (Å²) in [6.45, 7) is 3.21. The van der Waals surface area contributed by atoms with Crippen LogP contribution in [0.25, 0.3) is 0 Å². The van der Waals surface area contributed by atoms with Crippen LogP contribution in [0.1, 0.15) is 12.7 Å². The second-order valence-electron chi connectivity index (χ2n) is 4.50. The molecule has 1 fully saturated rings. The lowest BCUT2D eigenvalue weighted by atomic mass is 10.3. The number of hydrogen-bond acceptors (Lipinski definition) is 4. The Hall–Kier alpha value is -1.63. The van der Waals surface area contributed by atoms with Crippen molar-refractivity contribution in [2.45, 2.75) is 19.5 Å². The van der Waals surface area contributed by atoms with Crippen LogP contribution in [0.3, 0.4) is 0 Å². The minimum absolute atomic E-state index is 0.239. The van der Waals surface area contributed by atoms with Gasteiger partial charge in [-0.15, -0.1) is 0 Å². The zero-order chi connectivity index (χ0) is 14.5. The fraction of sp³-hybridized carbons (Fsp3) is 0.538. The first-order chi connectivity index (χ1) is 9.63. The molecule has 1 unspecified atom stereocenters. The van der Waals surface area contributed by atoms with E-state index in [1.54, 1.807) is 35.1 Å². The second-order valence-corrected chi connectivity index (χ2v) is 5.65. The number of nitrogens with zero attached hydrogens (tertiary/aromatic N) is 2. The lowest BCUT2D eigenvalue weighted by molar-refractivity contribution is -0.141. The van der Waals surface area contributed by atoms with Gasteiger partial charge in [-0.25, -0.2) is 9.59 Å². The predicted octanol–water partition coefficient (Wildman–Crippen LogP) is 1.72. The molecule has 0 aromatic carbocycles. The minimum Gasteiger partial charge on any atom is -0.480 e. The molecule has 6 nitrogen and oxygen atoms in total. The molecule has 0 radical (unpaired) electrons. The predicted molar refractivity (Wildman–Crippen MR) is 75.6 cm³/mol. The number of carboxylic acid groups (broad SMARTS) is 1. The summed E-state index contributed by atoms with van der Waals surface area (Å²) in [5, 5.41) is 9.22. The summed E-state index contributed by atoms with van der Waals surface area (Å²) in [6.07, 6.45) is 1.56. The van der Waals surface area contributed by atoms with E-state index in [0.29, 0.717) is 31.1 Å². The smallest absolute Gasteiger partial charge is 0.327 e. The first-order valence-corrected chi connectivity index (χ1v) is 7.67. The number of amides is 2. The third kappa shape index (κ3) is 3.27. The molecule has 1 aromatic heterocycles. The minimum atomic E-state index is -0.945. The Kier molecular flexibility index (Phi) is 4.94. The number of hydrogen-bond donors (Lipinski definition) is 1. The highest BCUT2D eigenvalue weighted by atomic mass is 32.2. The fourth-order valence-electron chi connectivity index (χ4n) is 2.12. The van der Waals surface area contributed by atoms with Crippen molar-refractivity contribution in [3.05, 3.63) is 24.2 Å². The SMILES string of the molecule is CCN(Cc1ccco1)C(=O)N1CCSCC1C(=O)O. The third-order valence-corrected chi connectivity index (χ3v) is 4.26. The van der Waals surface area contributed by atoms with Crippen molar-refractivity contribution in [3.8, 4) is 0 Å². The first-order valence-electron chi connectivity index (χ1n) is 6.52. The summed E-state index contributed by atoms with van der Waals surface area (Å²) in [5.74, 6) is 0.964. The number of thioether (sulfide) groups is 1. The number of urea groups is 1. The van der Waals surface area contributed by atoms with Gasteiger partial charge in [-0.2, -0.15) is 11.8 Å². The van der Waals surface area contributed by atoms with E-state index in [-0.39, 0.29) is 6.03 Å². The Morgan fingerprint density at radius 3 is 3.00 bits per heavy atom.